The highest BCUT2D eigenvalue weighted by atomic mass is 32.1. The van der Waals surface area contributed by atoms with Gasteiger partial charge in [0.1, 0.15) is 0 Å². The van der Waals surface area contributed by atoms with Crippen LogP contribution in [0.25, 0.3) is 0 Å². The first-order valence-corrected chi connectivity index (χ1v) is 9.17. The molecule has 4 nitrogen and oxygen atoms in total. The fourth-order valence-electron chi connectivity index (χ4n) is 3.75. The van der Waals surface area contributed by atoms with Gasteiger partial charge in [0.15, 0.2) is 0 Å². The van der Waals surface area contributed by atoms with Gasteiger partial charge < -0.3 is 4.90 Å². The summed E-state index contributed by atoms with van der Waals surface area (Å²) in [5.41, 5.74) is 2.80. The molecule has 0 aromatic carbocycles. The molecular weight excluding hydrogens is 292 g/mol. The molecule has 0 bridgehead atoms. The third kappa shape index (κ3) is 2.85. The van der Waals surface area contributed by atoms with E-state index in [1.807, 2.05) is 17.5 Å². The quantitative estimate of drug-likeness (QED) is 0.867. The first-order chi connectivity index (χ1) is 10.8. The van der Waals surface area contributed by atoms with Crippen LogP contribution in [-0.4, -0.2) is 45.8 Å². The topological polar surface area (TPSA) is 24.3 Å². The molecular formula is C17H24N4S. The predicted octanol–water partition coefficient (Wildman–Crippen LogP) is 2.91. The standard InChI is InChI=1S/C17H24N4S/c1-14-5-9-22-17(14)13-20-10-15-4-6-18-21(15)16(12-20)11-19-7-2-3-8-19/h4-6,9,16H,2-3,7-8,10-13H2,1H3. The molecule has 1 atom stereocenters. The second-order valence-corrected chi connectivity index (χ2v) is 7.63. The highest BCUT2D eigenvalue weighted by Gasteiger charge is 2.28. The molecule has 1 fully saturated rings. The van der Waals surface area contributed by atoms with Crippen LogP contribution in [0.15, 0.2) is 23.7 Å². The molecule has 0 radical (unpaired) electrons. The van der Waals surface area contributed by atoms with E-state index in [4.69, 9.17) is 0 Å². The smallest absolute Gasteiger partial charge is 0.0776 e. The summed E-state index contributed by atoms with van der Waals surface area (Å²) in [7, 11) is 0. The summed E-state index contributed by atoms with van der Waals surface area (Å²) in [5, 5.41) is 6.80. The summed E-state index contributed by atoms with van der Waals surface area (Å²) in [6.45, 7) is 9.10. The van der Waals surface area contributed by atoms with E-state index in [1.54, 1.807) is 0 Å². The Labute approximate surface area is 136 Å². The Bertz CT molecular complexity index is 626. The van der Waals surface area contributed by atoms with Crippen LogP contribution in [0, 0.1) is 6.92 Å². The Balaban J connectivity index is 1.50. The number of hydrogen-bond donors (Lipinski definition) is 0. The summed E-state index contributed by atoms with van der Waals surface area (Å²) in [6.07, 6.45) is 4.68. The number of aromatic nitrogens is 2. The lowest BCUT2D eigenvalue weighted by Crippen LogP contribution is -2.42. The number of hydrogen-bond acceptors (Lipinski definition) is 4. The Hall–Kier alpha value is -1.17. The lowest BCUT2D eigenvalue weighted by molar-refractivity contribution is 0.139. The third-order valence-corrected chi connectivity index (χ3v) is 5.96. The number of nitrogens with zero attached hydrogens (tertiary/aromatic N) is 4. The van der Waals surface area contributed by atoms with Crippen LogP contribution >= 0.6 is 11.3 Å². The van der Waals surface area contributed by atoms with Crippen LogP contribution in [0.4, 0.5) is 0 Å². The molecule has 22 heavy (non-hydrogen) atoms. The largest absolute Gasteiger partial charge is 0.301 e. The number of rotatable bonds is 4. The minimum Gasteiger partial charge on any atom is -0.301 e. The number of aryl methyl sites for hydroxylation is 1. The van der Waals surface area contributed by atoms with E-state index in [9.17, 15) is 0 Å². The molecule has 0 amide bonds. The Morgan fingerprint density at radius 1 is 1.23 bits per heavy atom. The second kappa shape index (κ2) is 6.14. The lowest BCUT2D eigenvalue weighted by Gasteiger charge is -2.35. The Morgan fingerprint density at radius 2 is 2.09 bits per heavy atom. The minimum atomic E-state index is 0.497. The lowest BCUT2D eigenvalue weighted by atomic mass is 10.1. The van der Waals surface area contributed by atoms with Gasteiger partial charge in [-0.25, -0.2) is 0 Å². The fourth-order valence-corrected chi connectivity index (χ4v) is 4.70. The fraction of sp³-hybridized carbons (Fsp3) is 0.588. The zero-order chi connectivity index (χ0) is 14.9. The van der Waals surface area contributed by atoms with Crippen molar-refractivity contribution in [3.63, 3.8) is 0 Å². The van der Waals surface area contributed by atoms with Gasteiger partial charge in [-0.05, 0) is 55.9 Å². The number of likely N-dealkylation sites (tertiary alicyclic amines) is 1. The van der Waals surface area contributed by atoms with Crippen molar-refractivity contribution in [2.45, 2.75) is 38.9 Å². The molecule has 2 aliphatic heterocycles. The van der Waals surface area contributed by atoms with Gasteiger partial charge in [-0.1, -0.05) is 0 Å². The van der Waals surface area contributed by atoms with Crippen LogP contribution in [0.3, 0.4) is 0 Å². The van der Waals surface area contributed by atoms with Crippen LogP contribution in [0.5, 0.6) is 0 Å². The van der Waals surface area contributed by atoms with E-state index >= 15 is 0 Å². The molecule has 118 valence electrons. The number of thiophene rings is 1. The first-order valence-electron chi connectivity index (χ1n) is 8.29. The second-order valence-electron chi connectivity index (χ2n) is 6.63. The molecule has 4 heterocycles. The third-order valence-electron chi connectivity index (χ3n) is 4.96. The zero-order valence-corrected chi connectivity index (χ0v) is 14.1. The minimum absolute atomic E-state index is 0.497. The van der Waals surface area contributed by atoms with Crippen molar-refractivity contribution in [1.82, 2.24) is 19.6 Å². The maximum atomic E-state index is 4.60. The van der Waals surface area contributed by atoms with Gasteiger partial charge in [0, 0.05) is 37.3 Å². The molecule has 0 aliphatic carbocycles. The van der Waals surface area contributed by atoms with Crippen molar-refractivity contribution in [1.29, 1.82) is 0 Å². The molecule has 5 heteroatoms. The highest BCUT2D eigenvalue weighted by molar-refractivity contribution is 7.10. The van der Waals surface area contributed by atoms with Crippen molar-refractivity contribution in [2.75, 3.05) is 26.2 Å². The maximum Gasteiger partial charge on any atom is 0.0776 e. The van der Waals surface area contributed by atoms with Gasteiger partial charge in [-0.15, -0.1) is 11.3 Å². The van der Waals surface area contributed by atoms with Crippen LogP contribution < -0.4 is 0 Å². The molecule has 2 aliphatic rings. The molecule has 0 saturated carbocycles. The molecule has 0 spiro atoms. The van der Waals surface area contributed by atoms with E-state index in [-0.39, 0.29) is 0 Å². The van der Waals surface area contributed by atoms with Crippen molar-refractivity contribution in [3.05, 3.63) is 39.8 Å². The van der Waals surface area contributed by atoms with Crippen LogP contribution in [-0.2, 0) is 13.1 Å². The summed E-state index contributed by atoms with van der Waals surface area (Å²) >= 11 is 1.89. The first kappa shape index (κ1) is 14.4. The van der Waals surface area contributed by atoms with Crippen LogP contribution in [0.2, 0.25) is 0 Å². The Kier molecular flexibility index (Phi) is 4.03. The van der Waals surface area contributed by atoms with Crippen molar-refractivity contribution in [2.24, 2.45) is 0 Å². The maximum absolute atomic E-state index is 4.60. The van der Waals surface area contributed by atoms with Gasteiger partial charge in [0.05, 0.1) is 11.7 Å². The van der Waals surface area contributed by atoms with Gasteiger partial charge in [-0.3, -0.25) is 9.58 Å². The van der Waals surface area contributed by atoms with E-state index in [0.29, 0.717) is 6.04 Å². The predicted molar refractivity (Wildman–Crippen MR) is 90.1 cm³/mol. The SMILES string of the molecule is Cc1ccsc1CN1Cc2ccnn2C(CN2CCCC2)C1. The Morgan fingerprint density at radius 3 is 2.86 bits per heavy atom. The zero-order valence-electron chi connectivity index (χ0n) is 13.2. The van der Waals surface area contributed by atoms with E-state index in [2.05, 4.69) is 44.0 Å². The van der Waals surface area contributed by atoms with Gasteiger partial charge in [-0.2, -0.15) is 5.10 Å². The molecule has 1 saturated heterocycles. The van der Waals surface area contributed by atoms with Crippen molar-refractivity contribution in [3.8, 4) is 0 Å². The molecule has 2 aromatic heterocycles. The van der Waals surface area contributed by atoms with E-state index < -0.39 is 0 Å². The average molecular weight is 316 g/mol. The number of fused-ring (bicyclic) bond motifs is 1. The molecule has 0 N–H and O–H groups in total. The normalized spacial score (nSPS) is 23.0. The van der Waals surface area contributed by atoms with Crippen LogP contribution in [0.1, 0.15) is 35.0 Å². The van der Waals surface area contributed by atoms with E-state index in [0.717, 1.165) is 26.2 Å². The van der Waals surface area contributed by atoms with Gasteiger partial charge in [0.25, 0.3) is 0 Å². The molecule has 4 rings (SSSR count). The summed E-state index contributed by atoms with van der Waals surface area (Å²) in [4.78, 5) is 6.71. The molecule has 2 aromatic rings. The summed E-state index contributed by atoms with van der Waals surface area (Å²) in [6, 6.07) is 4.91. The summed E-state index contributed by atoms with van der Waals surface area (Å²) in [5.74, 6) is 0. The monoisotopic (exact) mass is 316 g/mol. The van der Waals surface area contributed by atoms with Crippen molar-refractivity contribution < 1.29 is 0 Å². The molecule has 1 unspecified atom stereocenters. The average Bonchev–Trinajstić information content (AvgIpc) is 3.22. The van der Waals surface area contributed by atoms with Crippen molar-refractivity contribution >= 4 is 11.3 Å². The van der Waals surface area contributed by atoms with Gasteiger partial charge in [0.2, 0.25) is 0 Å². The van der Waals surface area contributed by atoms with Gasteiger partial charge >= 0.3 is 0 Å². The summed E-state index contributed by atoms with van der Waals surface area (Å²) < 4.78 is 2.27. The van der Waals surface area contributed by atoms with E-state index in [1.165, 1.54) is 42.1 Å². The highest BCUT2D eigenvalue weighted by Crippen LogP contribution is 2.26.